The van der Waals surface area contributed by atoms with Gasteiger partial charge in [-0.15, -0.1) is 5.10 Å². The molecule has 0 spiro atoms. The Morgan fingerprint density at radius 3 is 2.95 bits per heavy atom. The van der Waals surface area contributed by atoms with Gasteiger partial charge in [0, 0.05) is 13.7 Å². The van der Waals surface area contributed by atoms with E-state index in [1.54, 1.807) is 11.1 Å². The molecule has 2 aliphatic rings. The molecule has 7 nitrogen and oxygen atoms in total. The van der Waals surface area contributed by atoms with Gasteiger partial charge in [-0.3, -0.25) is 4.79 Å². The molecule has 1 N–H and O–H groups in total. The van der Waals surface area contributed by atoms with E-state index in [0.29, 0.717) is 18.3 Å². The molecule has 0 aromatic carbocycles. The summed E-state index contributed by atoms with van der Waals surface area (Å²) in [5.41, 5.74) is 0.429. The minimum Gasteiger partial charge on any atom is -0.379 e. The van der Waals surface area contributed by atoms with Crippen LogP contribution in [0.15, 0.2) is 6.20 Å². The van der Waals surface area contributed by atoms with Crippen molar-refractivity contribution >= 4 is 5.91 Å². The topological polar surface area (TPSA) is 72.3 Å². The highest BCUT2D eigenvalue weighted by Gasteiger charge is 2.27. The standard InChI is InChI=1S/C13H21N5O2/c1-17(11-4-7-20-9-11)13(19)12-8-18(16-15-12)10-2-5-14-6-3-10/h8,10-11,14H,2-7,9H2,1H3. The van der Waals surface area contributed by atoms with Crippen molar-refractivity contribution in [1.29, 1.82) is 0 Å². The van der Waals surface area contributed by atoms with Crippen LogP contribution in [-0.4, -0.2) is 65.2 Å². The third-order valence-electron chi connectivity index (χ3n) is 4.19. The molecule has 1 aromatic rings. The van der Waals surface area contributed by atoms with Gasteiger partial charge in [0.05, 0.1) is 24.9 Å². The van der Waals surface area contributed by atoms with Gasteiger partial charge in [0.15, 0.2) is 5.69 Å². The summed E-state index contributed by atoms with van der Waals surface area (Å²) >= 11 is 0. The van der Waals surface area contributed by atoms with Crippen molar-refractivity contribution in [3.8, 4) is 0 Å². The number of hydrogen-bond acceptors (Lipinski definition) is 5. The Bertz CT molecular complexity index is 463. The van der Waals surface area contributed by atoms with E-state index in [1.165, 1.54) is 0 Å². The number of rotatable bonds is 3. The van der Waals surface area contributed by atoms with Gasteiger partial charge in [0.25, 0.3) is 5.91 Å². The smallest absolute Gasteiger partial charge is 0.276 e. The SMILES string of the molecule is CN(C(=O)c1cn(C2CCNCC2)nn1)C1CCOC1. The molecule has 20 heavy (non-hydrogen) atoms. The monoisotopic (exact) mass is 279 g/mol. The Labute approximate surface area is 118 Å². The maximum atomic E-state index is 12.4. The predicted molar refractivity (Wildman–Crippen MR) is 72.5 cm³/mol. The lowest BCUT2D eigenvalue weighted by Gasteiger charge is -2.22. The highest BCUT2D eigenvalue weighted by molar-refractivity contribution is 5.92. The Morgan fingerprint density at radius 2 is 2.25 bits per heavy atom. The normalized spacial score (nSPS) is 23.9. The van der Waals surface area contributed by atoms with Crippen LogP contribution in [-0.2, 0) is 4.74 Å². The van der Waals surface area contributed by atoms with Crippen LogP contribution in [0, 0.1) is 0 Å². The fourth-order valence-corrected chi connectivity index (χ4v) is 2.80. The first-order valence-corrected chi connectivity index (χ1v) is 7.23. The lowest BCUT2D eigenvalue weighted by molar-refractivity contribution is 0.0705. The quantitative estimate of drug-likeness (QED) is 0.847. The number of aromatic nitrogens is 3. The Kier molecular flexibility index (Phi) is 3.98. The minimum absolute atomic E-state index is 0.0688. The highest BCUT2D eigenvalue weighted by atomic mass is 16.5. The fourth-order valence-electron chi connectivity index (χ4n) is 2.80. The van der Waals surface area contributed by atoms with Crippen molar-refractivity contribution < 1.29 is 9.53 Å². The van der Waals surface area contributed by atoms with Crippen LogP contribution in [0.4, 0.5) is 0 Å². The molecule has 0 saturated carbocycles. The van der Waals surface area contributed by atoms with Gasteiger partial charge in [0.1, 0.15) is 0 Å². The molecule has 1 unspecified atom stereocenters. The molecule has 1 aromatic heterocycles. The van der Waals surface area contributed by atoms with E-state index < -0.39 is 0 Å². The van der Waals surface area contributed by atoms with E-state index in [2.05, 4.69) is 15.6 Å². The molecular weight excluding hydrogens is 258 g/mol. The average molecular weight is 279 g/mol. The number of nitrogens with one attached hydrogen (secondary N) is 1. The van der Waals surface area contributed by atoms with E-state index in [1.807, 2.05) is 11.7 Å². The molecule has 7 heteroatoms. The fraction of sp³-hybridized carbons (Fsp3) is 0.769. The first kappa shape index (κ1) is 13.5. The molecule has 2 fully saturated rings. The van der Waals surface area contributed by atoms with Crippen molar-refractivity contribution in [2.45, 2.75) is 31.3 Å². The third-order valence-corrected chi connectivity index (χ3v) is 4.19. The lowest BCUT2D eigenvalue weighted by atomic mass is 10.1. The van der Waals surface area contributed by atoms with Crippen LogP contribution in [0.5, 0.6) is 0 Å². The van der Waals surface area contributed by atoms with Gasteiger partial charge >= 0.3 is 0 Å². The Balaban J connectivity index is 1.67. The highest BCUT2D eigenvalue weighted by Crippen LogP contribution is 2.18. The number of piperidine rings is 1. The van der Waals surface area contributed by atoms with E-state index >= 15 is 0 Å². The largest absolute Gasteiger partial charge is 0.379 e. The maximum absolute atomic E-state index is 12.4. The second-order valence-corrected chi connectivity index (χ2v) is 5.50. The Hall–Kier alpha value is -1.47. The van der Waals surface area contributed by atoms with Crippen LogP contribution in [0.3, 0.4) is 0 Å². The summed E-state index contributed by atoms with van der Waals surface area (Å²) in [4.78, 5) is 14.1. The second kappa shape index (κ2) is 5.88. The summed E-state index contributed by atoms with van der Waals surface area (Å²) < 4.78 is 7.16. The molecule has 3 rings (SSSR count). The molecule has 2 saturated heterocycles. The van der Waals surface area contributed by atoms with Gasteiger partial charge in [0.2, 0.25) is 0 Å². The van der Waals surface area contributed by atoms with E-state index in [9.17, 15) is 4.79 Å². The molecule has 2 aliphatic heterocycles. The maximum Gasteiger partial charge on any atom is 0.276 e. The van der Waals surface area contributed by atoms with Crippen molar-refractivity contribution in [2.75, 3.05) is 33.4 Å². The van der Waals surface area contributed by atoms with E-state index in [4.69, 9.17) is 4.74 Å². The summed E-state index contributed by atoms with van der Waals surface area (Å²) in [5, 5.41) is 11.5. The molecule has 3 heterocycles. The lowest BCUT2D eigenvalue weighted by Crippen LogP contribution is -2.37. The summed E-state index contributed by atoms with van der Waals surface area (Å²) in [6.07, 6.45) is 4.74. The first-order valence-electron chi connectivity index (χ1n) is 7.23. The zero-order valence-electron chi connectivity index (χ0n) is 11.8. The van der Waals surface area contributed by atoms with Crippen LogP contribution in [0.2, 0.25) is 0 Å². The summed E-state index contributed by atoms with van der Waals surface area (Å²) in [6, 6.07) is 0.511. The molecule has 0 bridgehead atoms. The summed E-state index contributed by atoms with van der Waals surface area (Å²) in [5.74, 6) is -0.0688. The van der Waals surface area contributed by atoms with Crippen LogP contribution < -0.4 is 5.32 Å². The van der Waals surface area contributed by atoms with Gasteiger partial charge in [-0.2, -0.15) is 0 Å². The average Bonchev–Trinajstić information content (AvgIpc) is 3.18. The van der Waals surface area contributed by atoms with Crippen molar-refractivity contribution in [3.05, 3.63) is 11.9 Å². The molecule has 0 radical (unpaired) electrons. The number of amides is 1. The number of likely N-dealkylation sites (N-methyl/N-ethyl adjacent to an activating group) is 1. The summed E-state index contributed by atoms with van der Waals surface area (Å²) in [7, 11) is 1.81. The number of ether oxygens (including phenoxy) is 1. The van der Waals surface area contributed by atoms with Crippen LogP contribution in [0.1, 0.15) is 35.8 Å². The Morgan fingerprint density at radius 1 is 1.45 bits per heavy atom. The van der Waals surface area contributed by atoms with Crippen LogP contribution in [0.25, 0.3) is 0 Å². The van der Waals surface area contributed by atoms with Crippen molar-refractivity contribution in [2.24, 2.45) is 0 Å². The predicted octanol–water partition coefficient (Wildman–Crippen LogP) is 0.0635. The minimum atomic E-state index is -0.0688. The van der Waals surface area contributed by atoms with Gasteiger partial charge in [-0.25, -0.2) is 4.68 Å². The van der Waals surface area contributed by atoms with Crippen LogP contribution >= 0.6 is 0 Å². The first-order chi connectivity index (χ1) is 9.75. The molecular formula is C13H21N5O2. The number of hydrogen-bond donors (Lipinski definition) is 1. The van der Waals surface area contributed by atoms with Gasteiger partial charge < -0.3 is 15.0 Å². The van der Waals surface area contributed by atoms with Gasteiger partial charge in [-0.05, 0) is 32.4 Å². The van der Waals surface area contributed by atoms with E-state index in [0.717, 1.165) is 39.0 Å². The zero-order valence-corrected chi connectivity index (χ0v) is 11.8. The molecule has 1 atom stereocenters. The third kappa shape index (κ3) is 2.69. The van der Waals surface area contributed by atoms with Gasteiger partial charge in [-0.1, -0.05) is 5.21 Å². The number of nitrogens with zero attached hydrogens (tertiary/aromatic N) is 4. The number of carbonyl (C=O) groups is 1. The summed E-state index contributed by atoms with van der Waals surface area (Å²) in [6.45, 7) is 3.33. The molecule has 110 valence electrons. The van der Waals surface area contributed by atoms with Crippen molar-refractivity contribution in [3.63, 3.8) is 0 Å². The second-order valence-electron chi connectivity index (χ2n) is 5.50. The van der Waals surface area contributed by atoms with E-state index in [-0.39, 0.29) is 11.9 Å². The van der Waals surface area contributed by atoms with Crippen molar-refractivity contribution in [1.82, 2.24) is 25.2 Å². The zero-order chi connectivity index (χ0) is 13.9. The number of carbonyl (C=O) groups excluding carboxylic acids is 1. The molecule has 1 amide bonds. The molecule has 0 aliphatic carbocycles.